The molecule has 1 saturated carbocycles. The summed E-state index contributed by atoms with van der Waals surface area (Å²) in [7, 11) is 0. The molecule has 0 radical (unpaired) electrons. The van der Waals surface area contributed by atoms with E-state index in [-0.39, 0.29) is 11.5 Å². The molecule has 0 bridgehead atoms. The highest BCUT2D eigenvalue weighted by molar-refractivity contribution is 5.51. The van der Waals surface area contributed by atoms with Gasteiger partial charge in [-0.3, -0.25) is 0 Å². The third-order valence-electron chi connectivity index (χ3n) is 5.94. The minimum atomic E-state index is -3.51. The minimum Gasteiger partial charge on any atom is -0.395 e. The molecular weight excluding hydrogens is 298 g/mol. The Morgan fingerprint density at radius 2 is 1.52 bits per heavy atom. The zero-order valence-corrected chi connectivity index (χ0v) is 13.6. The second-order valence-corrected chi connectivity index (χ2v) is 7.47. The van der Waals surface area contributed by atoms with Crippen molar-refractivity contribution >= 4 is 0 Å². The van der Waals surface area contributed by atoms with E-state index >= 15 is 0 Å². The summed E-state index contributed by atoms with van der Waals surface area (Å²) in [5.74, 6) is 2.76. The summed E-state index contributed by atoms with van der Waals surface area (Å²) in [6, 6.07) is 3.54. The van der Waals surface area contributed by atoms with Gasteiger partial charge in [-0.15, -0.1) is 8.78 Å². The Bertz CT molecular complexity index is 554. The standard InChI is InChI=1S/C19H24F2O2/c1-2-3-12-4-6-13(7-5-12)14-8-15-10-17-18(11-16(15)9-14)23-19(20,21)22-17/h10-14H,2-9H2,1H3. The second-order valence-electron chi connectivity index (χ2n) is 7.47. The maximum Gasteiger partial charge on any atom is 0.586 e. The first-order valence-corrected chi connectivity index (χ1v) is 8.95. The van der Waals surface area contributed by atoms with Crippen molar-refractivity contribution in [1.29, 1.82) is 0 Å². The Morgan fingerprint density at radius 3 is 2.04 bits per heavy atom. The first kappa shape index (κ1) is 15.2. The molecule has 2 aliphatic carbocycles. The van der Waals surface area contributed by atoms with Crippen molar-refractivity contribution in [3.05, 3.63) is 23.3 Å². The quantitative estimate of drug-likeness (QED) is 0.749. The maximum atomic E-state index is 13.1. The first-order valence-electron chi connectivity index (χ1n) is 8.95. The number of hydrogen-bond acceptors (Lipinski definition) is 2. The fraction of sp³-hybridized carbons (Fsp3) is 0.684. The molecule has 0 amide bonds. The zero-order valence-electron chi connectivity index (χ0n) is 13.6. The first-order chi connectivity index (χ1) is 11.0. The van der Waals surface area contributed by atoms with Gasteiger partial charge in [0.05, 0.1) is 0 Å². The van der Waals surface area contributed by atoms with Gasteiger partial charge in [0.1, 0.15) is 0 Å². The monoisotopic (exact) mass is 322 g/mol. The van der Waals surface area contributed by atoms with Gasteiger partial charge in [-0.05, 0) is 66.7 Å². The van der Waals surface area contributed by atoms with Gasteiger partial charge in [0.15, 0.2) is 11.5 Å². The second kappa shape index (κ2) is 5.64. The van der Waals surface area contributed by atoms with Crippen LogP contribution in [0.3, 0.4) is 0 Å². The third-order valence-corrected chi connectivity index (χ3v) is 5.94. The highest BCUT2D eigenvalue weighted by Gasteiger charge is 2.44. The molecule has 1 heterocycles. The Balaban J connectivity index is 1.42. The van der Waals surface area contributed by atoms with Gasteiger partial charge in [-0.25, -0.2) is 0 Å². The molecule has 0 N–H and O–H groups in total. The predicted octanol–water partition coefficient (Wildman–Crippen LogP) is 5.33. The van der Waals surface area contributed by atoms with Crippen molar-refractivity contribution in [3.63, 3.8) is 0 Å². The Labute approximate surface area is 136 Å². The van der Waals surface area contributed by atoms with Crippen LogP contribution in [-0.2, 0) is 12.8 Å². The van der Waals surface area contributed by atoms with Crippen LogP contribution in [-0.4, -0.2) is 6.29 Å². The Kier molecular flexibility index (Phi) is 3.73. The summed E-state index contributed by atoms with van der Waals surface area (Å²) >= 11 is 0. The molecule has 1 aromatic carbocycles. The van der Waals surface area contributed by atoms with E-state index in [0.717, 1.165) is 24.7 Å². The fourth-order valence-corrected chi connectivity index (χ4v) is 4.79. The summed E-state index contributed by atoms with van der Waals surface area (Å²) in [6.07, 6.45) is 6.53. The number of ether oxygens (including phenoxy) is 2. The molecule has 4 rings (SSSR count). The topological polar surface area (TPSA) is 18.5 Å². The van der Waals surface area contributed by atoms with E-state index in [1.54, 1.807) is 12.1 Å². The summed E-state index contributed by atoms with van der Waals surface area (Å²) in [5.41, 5.74) is 2.34. The van der Waals surface area contributed by atoms with E-state index < -0.39 is 6.29 Å². The molecule has 126 valence electrons. The SMILES string of the molecule is CCCC1CCC(C2Cc3cc4c(cc3C2)OC(F)(F)O4)CC1. The van der Waals surface area contributed by atoms with Crippen LogP contribution in [0, 0.1) is 17.8 Å². The number of benzene rings is 1. The summed E-state index contributed by atoms with van der Waals surface area (Å²) in [5, 5.41) is 0. The van der Waals surface area contributed by atoms with Gasteiger partial charge in [0.2, 0.25) is 0 Å². The van der Waals surface area contributed by atoms with Crippen molar-refractivity contribution in [1.82, 2.24) is 0 Å². The molecule has 0 atom stereocenters. The maximum absolute atomic E-state index is 13.1. The van der Waals surface area contributed by atoms with Crippen LogP contribution >= 0.6 is 0 Å². The molecule has 0 spiro atoms. The van der Waals surface area contributed by atoms with Gasteiger partial charge in [0.25, 0.3) is 0 Å². The number of fused-ring (bicyclic) bond motifs is 2. The Hall–Kier alpha value is -1.32. The van der Waals surface area contributed by atoms with Gasteiger partial charge >= 0.3 is 6.29 Å². The van der Waals surface area contributed by atoms with Crippen LogP contribution in [0.5, 0.6) is 11.5 Å². The lowest BCUT2D eigenvalue weighted by atomic mass is 9.74. The van der Waals surface area contributed by atoms with E-state index in [9.17, 15) is 8.78 Å². The van der Waals surface area contributed by atoms with E-state index in [1.807, 2.05) is 0 Å². The van der Waals surface area contributed by atoms with Crippen molar-refractivity contribution in [2.45, 2.75) is 64.6 Å². The molecular formula is C19H24F2O2. The van der Waals surface area contributed by atoms with Crippen molar-refractivity contribution in [2.24, 2.45) is 17.8 Å². The summed E-state index contributed by atoms with van der Waals surface area (Å²) in [4.78, 5) is 0. The number of hydrogen-bond donors (Lipinski definition) is 0. The highest BCUT2D eigenvalue weighted by Crippen LogP contribution is 2.47. The molecule has 1 fully saturated rings. The molecule has 0 saturated heterocycles. The highest BCUT2D eigenvalue weighted by atomic mass is 19.3. The van der Waals surface area contributed by atoms with E-state index in [1.165, 1.54) is 49.7 Å². The normalized spacial score (nSPS) is 28.8. The van der Waals surface area contributed by atoms with E-state index in [4.69, 9.17) is 0 Å². The van der Waals surface area contributed by atoms with Crippen LogP contribution < -0.4 is 9.47 Å². The van der Waals surface area contributed by atoms with Crippen molar-refractivity contribution in [2.75, 3.05) is 0 Å². The minimum absolute atomic E-state index is 0.195. The molecule has 4 heteroatoms. The molecule has 1 aliphatic heterocycles. The van der Waals surface area contributed by atoms with Crippen LogP contribution in [0.1, 0.15) is 56.6 Å². The molecule has 1 aromatic rings. The smallest absolute Gasteiger partial charge is 0.395 e. The summed E-state index contributed by atoms with van der Waals surface area (Å²) < 4.78 is 35.5. The van der Waals surface area contributed by atoms with Gasteiger partial charge in [-0.2, -0.15) is 0 Å². The van der Waals surface area contributed by atoms with Crippen LogP contribution in [0.2, 0.25) is 0 Å². The number of alkyl halides is 2. The largest absolute Gasteiger partial charge is 0.586 e. The van der Waals surface area contributed by atoms with Gasteiger partial charge in [0, 0.05) is 0 Å². The van der Waals surface area contributed by atoms with Gasteiger partial charge < -0.3 is 9.47 Å². The average Bonchev–Trinajstić information content (AvgIpc) is 3.03. The molecule has 0 aromatic heterocycles. The zero-order chi connectivity index (χ0) is 16.0. The Morgan fingerprint density at radius 1 is 0.957 bits per heavy atom. The third kappa shape index (κ3) is 2.92. The lowest BCUT2D eigenvalue weighted by Gasteiger charge is -2.32. The summed E-state index contributed by atoms with van der Waals surface area (Å²) in [6.45, 7) is 2.27. The molecule has 23 heavy (non-hydrogen) atoms. The van der Waals surface area contributed by atoms with Crippen LogP contribution in [0.15, 0.2) is 12.1 Å². The average molecular weight is 322 g/mol. The predicted molar refractivity (Wildman–Crippen MR) is 83.9 cm³/mol. The van der Waals surface area contributed by atoms with E-state index in [0.29, 0.717) is 5.92 Å². The molecule has 0 unspecified atom stereocenters. The number of rotatable bonds is 3. The van der Waals surface area contributed by atoms with Crippen molar-refractivity contribution < 1.29 is 18.3 Å². The molecule has 3 aliphatic rings. The van der Waals surface area contributed by atoms with Crippen LogP contribution in [0.4, 0.5) is 8.78 Å². The molecule has 2 nitrogen and oxygen atoms in total. The lowest BCUT2D eigenvalue weighted by Crippen LogP contribution is -2.26. The van der Waals surface area contributed by atoms with Crippen molar-refractivity contribution in [3.8, 4) is 11.5 Å². The van der Waals surface area contributed by atoms with E-state index in [2.05, 4.69) is 16.4 Å². The number of halogens is 2. The van der Waals surface area contributed by atoms with Crippen LogP contribution in [0.25, 0.3) is 0 Å². The fourth-order valence-electron chi connectivity index (χ4n) is 4.79. The lowest BCUT2D eigenvalue weighted by molar-refractivity contribution is -0.286. The van der Waals surface area contributed by atoms with Gasteiger partial charge in [-0.1, -0.05) is 32.6 Å².